The van der Waals surface area contributed by atoms with Gasteiger partial charge < -0.3 is 9.88 Å². The predicted molar refractivity (Wildman–Crippen MR) is 68.0 cm³/mol. The zero-order valence-corrected chi connectivity index (χ0v) is 11.0. The molecule has 0 fully saturated rings. The van der Waals surface area contributed by atoms with Crippen LogP contribution in [-0.4, -0.2) is 26.3 Å². The van der Waals surface area contributed by atoms with Crippen molar-refractivity contribution in [3.63, 3.8) is 0 Å². The van der Waals surface area contributed by atoms with Gasteiger partial charge in [0.15, 0.2) is 0 Å². The Morgan fingerprint density at radius 1 is 1.47 bits per heavy atom. The van der Waals surface area contributed by atoms with Crippen LogP contribution in [0.3, 0.4) is 0 Å². The van der Waals surface area contributed by atoms with Crippen molar-refractivity contribution >= 4 is 11.3 Å². The van der Waals surface area contributed by atoms with Gasteiger partial charge in [0.25, 0.3) is 0 Å². The van der Waals surface area contributed by atoms with Gasteiger partial charge in [-0.1, -0.05) is 0 Å². The number of nitrogens with one attached hydrogen (secondary N) is 1. The first-order valence-corrected chi connectivity index (χ1v) is 6.65. The van der Waals surface area contributed by atoms with Gasteiger partial charge in [0.2, 0.25) is 0 Å². The monoisotopic (exact) mass is 251 g/mol. The Hall–Kier alpha value is -1.27. The van der Waals surface area contributed by atoms with Crippen LogP contribution in [0.25, 0.3) is 0 Å². The van der Waals surface area contributed by atoms with E-state index < -0.39 is 0 Å². The molecule has 0 radical (unpaired) electrons. The molecule has 2 heterocycles. The molecule has 92 valence electrons. The minimum atomic E-state index is 0.770. The van der Waals surface area contributed by atoms with Crippen LogP contribution in [0.2, 0.25) is 0 Å². The molecule has 0 unspecified atom stereocenters. The second-order valence-corrected chi connectivity index (χ2v) is 4.76. The summed E-state index contributed by atoms with van der Waals surface area (Å²) in [5.41, 5.74) is 3.05. The highest BCUT2D eigenvalue weighted by Crippen LogP contribution is 2.11. The molecule has 2 aromatic heterocycles. The smallest absolute Gasteiger partial charge is 0.146 e. The van der Waals surface area contributed by atoms with Gasteiger partial charge in [0.05, 0.1) is 17.7 Å². The molecule has 0 saturated heterocycles. The Labute approximate surface area is 105 Å². The number of nitrogens with zero attached hydrogens (tertiary/aromatic N) is 4. The first-order chi connectivity index (χ1) is 8.31. The Bertz CT molecular complexity index is 462. The normalized spacial score (nSPS) is 10.9. The van der Waals surface area contributed by atoms with Crippen molar-refractivity contribution in [3.8, 4) is 0 Å². The van der Waals surface area contributed by atoms with Crippen LogP contribution in [0.15, 0.2) is 11.8 Å². The highest BCUT2D eigenvalue weighted by molar-refractivity contribution is 7.09. The molecule has 0 bridgehead atoms. The molecule has 0 aliphatic rings. The summed E-state index contributed by atoms with van der Waals surface area (Å²) < 4.78 is 2.05. The predicted octanol–water partition coefficient (Wildman–Crippen LogP) is 1.40. The molecule has 0 aliphatic carbocycles. The third kappa shape index (κ3) is 3.10. The number of rotatable bonds is 6. The summed E-state index contributed by atoms with van der Waals surface area (Å²) in [6.45, 7) is 6.77. The Morgan fingerprint density at radius 2 is 2.35 bits per heavy atom. The van der Waals surface area contributed by atoms with Crippen molar-refractivity contribution < 1.29 is 0 Å². The second-order valence-electron chi connectivity index (χ2n) is 3.82. The molecular weight excluding hydrogens is 234 g/mol. The van der Waals surface area contributed by atoms with Crippen molar-refractivity contribution in [1.29, 1.82) is 0 Å². The topological polar surface area (TPSA) is 55.6 Å². The van der Waals surface area contributed by atoms with E-state index in [-0.39, 0.29) is 0 Å². The van der Waals surface area contributed by atoms with Crippen LogP contribution in [-0.2, 0) is 19.5 Å². The lowest BCUT2D eigenvalue weighted by atomic mass is 10.3. The van der Waals surface area contributed by atoms with Gasteiger partial charge in [-0.25, -0.2) is 4.98 Å². The van der Waals surface area contributed by atoms with E-state index in [0.717, 1.165) is 37.6 Å². The molecule has 0 spiro atoms. The zero-order valence-electron chi connectivity index (χ0n) is 10.2. The maximum Gasteiger partial charge on any atom is 0.146 e. The molecule has 6 heteroatoms. The molecular formula is C11H17N5S. The number of hydrogen-bond acceptors (Lipinski definition) is 5. The average Bonchev–Trinajstić information content (AvgIpc) is 2.93. The van der Waals surface area contributed by atoms with E-state index in [9.17, 15) is 0 Å². The molecule has 0 amide bonds. The number of thiazole rings is 1. The van der Waals surface area contributed by atoms with Crippen LogP contribution in [0.5, 0.6) is 0 Å². The van der Waals surface area contributed by atoms with E-state index in [2.05, 4.69) is 34.3 Å². The van der Waals surface area contributed by atoms with Gasteiger partial charge in [0, 0.05) is 18.0 Å². The summed E-state index contributed by atoms with van der Waals surface area (Å²) in [6, 6.07) is 0. The molecule has 5 nitrogen and oxygen atoms in total. The first-order valence-electron chi connectivity index (χ1n) is 5.77. The Balaban J connectivity index is 1.75. The zero-order chi connectivity index (χ0) is 12.1. The fourth-order valence-corrected chi connectivity index (χ4v) is 2.43. The molecule has 2 rings (SSSR count). The van der Waals surface area contributed by atoms with Crippen LogP contribution in [0.4, 0.5) is 0 Å². The van der Waals surface area contributed by atoms with E-state index in [1.807, 2.05) is 10.1 Å². The van der Waals surface area contributed by atoms with E-state index in [0.29, 0.717) is 0 Å². The third-order valence-corrected chi connectivity index (χ3v) is 3.69. The second kappa shape index (κ2) is 5.88. The van der Waals surface area contributed by atoms with E-state index >= 15 is 0 Å². The van der Waals surface area contributed by atoms with Crippen molar-refractivity contribution in [3.05, 3.63) is 28.2 Å². The molecule has 2 aromatic rings. The number of aromatic nitrogens is 4. The lowest BCUT2D eigenvalue weighted by molar-refractivity contribution is 0.613. The maximum atomic E-state index is 4.24. The highest BCUT2D eigenvalue weighted by Gasteiger charge is 2.03. The summed E-state index contributed by atoms with van der Waals surface area (Å²) in [6.07, 6.45) is 2.79. The van der Waals surface area contributed by atoms with Crippen molar-refractivity contribution in [1.82, 2.24) is 25.1 Å². The van der Waals surface area contributed by atoms with Crippen LogP contribution >= 0.6 is 11.3 Å². The first kappa shape index (κ1) is 12.2. The molecule has 17 heavy (non-hydrogen) atoms. The van der Waals surface area contributed by atoms with Crippen molar-refractivity contribution in [2.45, 2.75) is 33.4 Å². The molecule has 0 atom stereocenters. The number of hydrogen-bond donors (Lipinski definition) is 1. The maximum absolute atomic E-state index is 4.24. The summed E-state index contributed by atoms with van der Waals surface area (Å²) >= 11 is 1.72. The van der Waals surface area contributed by atoms with Gasteiger partial charge in [-0.15, -0.1) is 21.5 Å². The molecule has 1 N–H and O–H groups in total. The lowest BCUT2D eigenvalue weighted by Gasteiger charge is -2.05. The fraction of sp³-hybridized carbons (Fsp3) is 0.545. The van der Waals surface area contributed by atoms with Crippen LogP contribution < -0.4 is 5.32 Å². The van der Waals surface area contributed by atoms with Gasteiger partial charge in [-0.3, -0.25) is 0 Å². The minimum Gasteiger partial charge on any atom is -0.317 e. The largest absolute Gasteiger partial charge is 0.317 e. The molecule has 0 saturated carbocycles. The van der Waals surface area contributed by atoms with Crippen molar-refractivity contribution in [2.75, 3.05) is 6.54 Å². The third-order valence-electron chi connectivity index (χ3n) is 2.69. The highest BCUT2D eigenvalue weighted by atomic mass is 32.1. The Kier molecular flexibility index (Phi) is 4.22. The standard InChI is InChI=1S/C11H17N5S/c1-3-16-7-14-15-11(16)6-12-5-4-10-9(2)13-8-17-10/h7-8,12H,3-6H2,1-2H3. The van der Waals surface area contributed by atoms with Crippen LogP contribution in [0, 0.1) is 6.92 Å². The average molecular weight is 251 g/mol. The van der Waals surface area contributed by atoms with Gasteiger partial charge in [-0.05, 0) is 20.3 Å². The summed E-state index contributed by atoms with van der Waals surface area (Å²) in [5, 5.41) is 11.4. The van der Waals surface area contributed by atoms with Gasteiger partial charge in [-0.2, -0.15) is 0 Å². The summed E-state index contributed by atoms with van der Waals surface area (Å²) in [4.78, 5) is 5.59. The lowest BCUT2D eigenvalue weighted by Crippen LogP contribution is -2.19. The minimum absolute atomic E-state index is 0.770. The fourth-order valence-electron chi connectivity index (χ4n) is 1.65. The SMILES string of the molecule is CCn1cnnc1CNCCc1scnc1C. The van der Waals surface area contributed by atoms with Gasteiger partial charge in [0.1, 0.15) is 12.2 Å². The Morgan fingerprint density at radius 3 is 3.06 bits per heavy atom. The van der Waals surface area contributed by atoms with Crippen LogP contribution in [0.1, 0.15) is 23.3 Å². The molecule has 0 aromatic carbocycles. The van der Waals surface area contributed by atoms with Crippen molar-refractivity contribution in [2.24, 2.45) is 0 Å². The van der Waals surface area contributed by atoms with E-state index in [1.54, 1.807) is 17.7 Å². The molecule has 0 aliphatic heterocycles. The quantitative estimate of drug-likeness (QED) is 0.788. The number of aryl methyl sites for hydroxylation is 2. The summed E-state index contributed by atoms with van der Waals surface area (Å²) in [7, 11) is 0. The summed E-state index contributed by atoms with van der Waals surface area (Å²) in [5.74, 6) is 0.994. The van der Waals surface area contributed by atoms with E-state index in [1.165, 1.54) is 4.88 Å². The van der Waals surface area contributed by atoms with Gasteiger partial charge >= 0.3 is 0 Å². The van der Waals surface area contributed by atoms with E-state index in [4.69, 9.17) is 0 Å².